The SMILES string of the molecule is Cc1cc(C(=O)N(C)c2ccc(Cl)cc2)ccc1CN.Cc1cc(C(=O)N(C)c2ccc(Cl)cc2)ccc1CNC(=O)C1CCN(CC2CC2)CC1. The Bertz CT molecular complexity index is 1850. The molecule has 0 aromatic heterocycles. The number of likely N-dealkylation sites (tertiary alicyclic amines) is 1. The highest BCUT2D eigenvalue weighted by Gasteiger charge is 2.29. The van der Waals surface area contributed by atoms with E-state index in [4.69, 9.17) is 28.9 Å². The summed E-state index contributed by atoms with van der Waals surface area (Å²) in [5.41, 5.74) is 12.6. The van der Waals surface area contributed by atoms with E-state index in [1.54, 1.807) is 48.2 Å². The summed E-state index contributed by atoms with van der Waals surface area (Å²) in [5.74, 6) is 1.03. The van der Waals surface area contributed by atoms with Crippen molar-refractivity contribution in [1.82, 2.24) is 10.2 Å². The average molecular weight is 743 g/mol. The molecule has 1 saturated carbocycles. The number of nitrogens with zero attached hydrogens (tertiary/aromatic N) is 3. The molecule has 4 aromatic carbocycles. The van der Waals surface area contributed by atoms with Crippen LogP contribution in [0.25, 0.3) is 0 Å². The lowest BCUT2D eigenvalue weighted by Crippen LogP contribution is -2.41. The minimum absolute atomic E-state index is 0.0565. The number of anilines is 2. The summed E-state index contributed by atoms with van der Waals surface area (Å²) in [6.45, 7) is 8.20. The third kappa shape index (κ3) is 10.4. The van der Waals surface area contributed by atoms with Crippen LogP contribution < -0.4 is 20.9 Å². The highest BCUT2D eigenvalue weighted by atomic mass is 35.5. The molecular weight excluding hydrogens is 693 g/mol. The summed E-state index contributed by atoms with van der Waals surface area (Å²) >= 11 is 11.8. The van der Waals surface area contributed by atoms with Crippen molar-refractivity contribution < 1.29 is 14.4 Å². The van der Waals surface area contributed by atoms with Crippen LogP contribution in [-0.2, 0) is 17.9 Å². The second-order valence-electron chi connectivity index (χ2n) is 13.9. The smallest absolute Gasteiger partial charge is 0.258 e. The van der Waals surface area contributed by atoms with Gasteiger partial charge in [-0.1, -0.05) is 35.3 Å². The molecular formula is C42H49Cl2N5O3. The number of carbonyl (C=O) groups excluding carboxylic acids is 3. The highest BCUT2D eigenvalue weighted by molar-refractivity contribution is 6.31. The Morgan fingerprint density at radius 3 is 1.60 bits per heavy atom. The summed E-state index contributed by atoms with van der Waals surface area (Å²) in [6, 6.07) is 25.6. The number of hydrogen-bond acceptors (Lipinski definition) is 5. The molecule has 0 atom stereocenters. The fourth-order valence-electron chi connectivity index (χ4n) is 6.41. The summed E-state index contributed by atoms with van der Waals surface area (Å²) < 4.78 is 0. The quantitative estimate of drug-likeness (QED) is 0.172. The first kappa shape index (κ1) is 39.0. The zero-order valence-electron chi connectivity index (χ0n) is 30.5. The Kier molecular flexibility index (Phi) is 13.5. The van der Waals surface area contributed by atoms with Crippen LogP contribution >= 0.6 is 23.2 Å². The van der Waals surface area contributed by atoms with Crippen LogP contribution in [0, 0.1) is 25.7 Å². The van der Waals surface area contributed by atoms with Gasteiger partial charge in [0.2, 0.25) is 5.91 Å². The Morgan fingerprint density at radius 2 is 1.17 bits per heavy atom. The van der Waals surface area contributed by atoms with Crippen molar-refractivity contribution in [2.24, 2.45) is 17.6 Å². The van der Waals surface area contributed by atoms with Crippen LogP contribution in [0.1, 0.15) is 68.7 Å². The zero-order valence-corrected chi connectivity index (χ0v) is 32.0. The van der Waals surface area contributed by atoms with E-state index in [2.05, 4.69) is 10.2 Å². The number of carbonyl (C=O) groups is 3. The van der Waals surface area contributed by atoms with Gasteiger partial charge in [0.15, 0.2) is 0 Å². The van der Waals surface area contributed by atoms with E-state index < -0.39 is 0 Å². The Labute approximate surface area is 317 Å². The van der Waals surface area contributed by atoms with Crippen LogP contribution in [0.3, 0.4) is 0 Å². The molecule has 0 radical (unpaired) electrons. The highest BCUT2D eigenvalue weighted by Crippen LogP contribution is 2.31. The van der Waals surface area contributed by atoms with Crippen molar-refractivity contribution in [1.29, 1.82) is 0 Å². The number of nitrogens with two attached hydrogens (primary N) is 1. The van der Waals surface area contributed by atoms with Crippen molar-refractivity contribution in [2.75, 3.05) is 43.5 Å². The molecule has 3 N–H and O–H groups in total. The summed E-state index contributed by atoms with van der Waals surface area (Å²) in [6.07, 6.45) is 4.65. The van der Waals surface area contributed by atoms with Gasteiger partial charge in [0.25, 0.3) is 11.8 Å². The van der Waals surface area contributed by atoms with Gasteiger partial charge >= 0.3 is 0 Å². The van der Waals surface area contributed by atoms with Gasteiger partial charge in [-0.3, -0.25) is 14.4 Å². The van der Waals surface area contributed by atoms with Crippen molar-refractivity contribution in [2.45, 2.75) is 52.6 Å². The molecule has 8 nitrogen and oxygen atoms in total. The first-order valence-electron chi connectivity index (χ1n) is 17.9. The lowest BCUT2D eigenvalue weighted by molar-refractivity contribution is -0.126. The molecule has 52 heavy (non-hydrogen) atoms. The van der Waals surface area contributed by atoms with Crippen LogP contribution in [0.5, 0.6) is 0 Å². The first-order chi connectivity index (χ1) is 24.9. The standard InChI is InChI=1S/C26H32ClN3O2.C16H17ClN2O/c1-18-15-21(26(32)29(2)24-9-7-23(27)8-10-24)5-6-22(18)16-28-25(31)20-11-13-30(14-12-20)17-19-3-4-19;1-11-9-12(3-4-13(11)10-18)16(20)19(2)15-7-5-14(17)6-8-15/h5-10,15,19-20H,3-4,11-14,16-17H2,1-2H3,(H,28,31);3-9H,10,18H2,1-2H3. The average Bonchev–Trinajstić information content (AvgIpc) is 3.98. The molecule has 1 aliphatic carbocycles. The van der Waals surface area contributed by atoms with E-state index in [1.165, 1.54) is 19.4 Å². The van der Waals surface area contributed by atoms with Gasteiger partial charge in [0.05, 0.1) is 0 Å². The Balaban J connectivity index is 0.000000225. The number of nitrogens with one attached hydrogen (secondary N) is 1. The Morgan fingerprint density at radius 1 is 0.712 bits per heavy atom. The van der Waals surface area contributed by atoms with Gasteiger partial charge in [-0.25, -0.2) is 0 Å². The molecule has 274 valence electrons. The van der Waals surface area contributed by atoms with Crippen LogP contribution in [0.2, 0.25) is 10.0 Å². The molecule has 3 amide bonds. The maximum absolute atomic E-state index is 12.9. The lowest BCUT2D eigenvalue weighted by atomic mass is 9.95. The molecule has 0 spiro atoms. The van der Waals surface area contributed by atoms with Crippen molar-refractivity contribution >= 4 is 52.3 Å². The second-order valence-corrected chi connectivity index (χ2v) is 14.8. The van der Waals surface area contributed by atoms with Gasteiger partial charge in [0, 0.05) is 72.2 Å². The van der Waals surface area contributed by atoms with Crippen LogP contribution in [0.15, 0.2) is 84.9 Å². The molecule has 1 aliphatic heterocycles. The summed E-state index contributed by atoms with van der Waals surface area (Å²) in [7, 11) is 3.50. The number of amides is 3. The maximum Gasteiger partial charge on any atom is 0.258 e. The normalized spacial score (nSPS) is 14.6. The number of piperidine rings is 1. The molecule has 0 bridgehead atoms. The summed E-state index contributed by atoms with van der Waals surface area (Å²) in [5, 5.41) is 4.40. The van der Waals surface area contributed by atoms with E-state index in [0.717, 1.165) is 65.5 Å². The third-order valence-electron chi connectivity index (χ3n) is 10.1. The van der Waals surface area contributed by atoms with Crippen LogP contribution in [0.4, 0.5) is 11.4 Å². The van der Waals surface area contributed by atoms with Gasteiger partial charge in [-0.15, -0.1) is 0 Å². The first-order valence-corrected chi connectivity index (χ1v) is 18.7. The van der Waals surface area contributed by atoms with E-state index in [0.29, 0.717) is 34.3 Å². The number of hydrogen-bond donors (Lipinski definition) is 2. The van der Waals surface area contributed by atoms with Crippen molar-refractivity contribution in [3.05, 3.63) is 128 Å². The lowest BCUT2D eigenvalue weighted by Gasteiger charge is -2.31. The maximum atomic E-state index is 12.9. The monoisotopic (exact) mass is 741 g/mol. The van der Waals surface area contributed by atoms with E-state index >= 15 is 0 Å². The number of benzene rings is 4. The topological polar surface area (TPSA) is 99.0 Å². The molecule has 0 unspecified atom stereocenters. The number of aryl methyl sites for hydroxylation is 2. The fraction of sp³-hybridized carbons (Fsp3) is 0.357. The Hall–Kier alpha value is -4.21. The predicted octanol–water partition coefficient (Wildman–Crippen LogP) is 8.05. The second kappa shape index (κ2) is 18.0. The van der Waals surface area contributed by atoms with E-state index in [1.807, 2.05) is 74.5 Å². The van der Waals surface area contributed by atoms with E-state index in [-0.39, 0.29) is 23.6 Å². The van der Waals surface area contributed by atoms with Gasteiger partial charge in [-0.2, -0.15) is 0 Å². The third-order valence-corrected chi connectivity index (χ3v) is 10.6. The fourth-order valence-corrected chi connectivity index (χ4v) is 6.66. The molecule has 1 heterocycles. The molecule has 2 fully saturated rings. The van der Waals surface area contributed by atoms with Crippen LogP contribution in [-0.4, -0.2) is 56.4 Å². The minimum Gasteiger partial charge on any atom is -0.352 e. The van der Waals surface area contributed by atoms with Crippen molar-refractivity contribution in [3.8, 4) is 0 Å². The summed E-state index contributed by atoms with van der Waals surface area (Å²) in [4.78, 5) is 43.7. The minimum atomic E-state index is -0.0797. The van der Waals surface area contributed by atoms with Crippen molar-refractivity contribution in [3.63, 3.8) is 0 Å². The largest absolute Gasteiger partial charge is 0.352 e. The predicted molar refractivity (Wildman–Crippen MR) is 212 cm³/mol. The zero-order chi connectivity index (χ0) is 37.4. The molecule has 10 heteroatoms. The molecule has 6 rings (SSSR count). The number of rotatable bonds is 10. The van der Waals surface area contributed by atoms with Gasteiger partial charge < -0.3 is 25.8 Å². The van der Waals surface area contributed by atoms with Gasteiger partial charge in [-0.05, 0) is 154 Å². The molecule has 2 aliphatic rings. The number of halogens is 2. The van der Waals surface area contributed by atoms with E-state index in [9.17, 15) is 14.4 Å². The molecule has 1 saturated heterocycles. The van der Waals surface area contributed by atoms with Gasteiger partial charge in [0.1, 0.15) is 0 Å². The molecule has 4 aromatic rings.